The number of rotatable bonds is 4. The minimum absolute atomic E-state index is 0.156. The Morgan fingerprint density at radius 2 is 1.88 bits per heavy atom. The number of aryl methyl sites for hydroxylation is 3. The van der Waals surface area contributed by atoms with Crippen molar-refractivity contribution >= 4 is 22.7 Å². The van der Waals surface area contributed by atoms with Crippen LogP contribution in [0.15, 0.2) is 46.9 Å². The van der Waals surface area contributed by atoms with Crippen molar-refractivity contribution in [1.82, 2.24) is 0 Å². The molecule has 4 rings (SSSR count). The van der Waals surface area contributed by atoms with E-state index in [4.69, 9.17) is 9.15 Å². The molecule has 0 bridgehead atoms. The van der Waals surface area contributed by atoms with E-state index in [1.54, 1.807) is 6.07 Å². The Morgan fingerprint density at radius 1 is 1.08 bits per heavy atom. The van der Waals surface area contributed by atoms with Crippen LogP contribution in [0.2, 0.25) is 0 Å². The lowest BCUT2D eigenvalue weighted by Crippen LogP contribution is -2.14. The lowest BCUT2D eigenvalue weighted by atomic mass is 10.0. The molecule has 2 aromatic carbocycles. The SMILES string of the molecule is Cc1c(C(=O)OCC(=O)c2ccc3c(c2)CCC3)oc2ccccc12. The minimum Gasteiger partial charge on any atom is -0.451 e. The molecule has 0 unspecified atom stereocenters. The summed E-state index contributed by atoms with van der Waals surface area (Å²) in [6.07, 6.45) is 3.21. The molecule has 3 aromatic rings. The summed E-state index contributed by atoms with van der Waals surface area (Å²) in [5.74, 6) is -0.650. The van der Waals surface area contributed by atoms with Gasteiger partial charge in [-0.15, -0.1) is 0 Å². The van der Waals surface area contributed by atoms with Gasteiger partial charge in [-0.1, -0.05) is 30.3 Å². The molecule has 0 atom stereocenters. The Bertz CT molecular complexity index is 981. The number of hydrogen-bond donors (Lipinski definition) is 0. The van der Waals surface area contributed by atoms with Gasteiger partial charge in [0, 0.05) is 16.5 Å². The van der Waals surface area contributed by atoms with Crippen LogP contribution < -0.4 is 0 Å². The summed E-state index contributed by atoms with van der Waals surface area (Å²) in [7, 11) is 0. The number of carbonyl (C=O) groups excluding carboxylic acids is 2. The number of fused-ring (bicyclic) bond motifs is 2. The second-order valence-electron chi connectivity index (χ2n) is 6.39. The highest BCUT2D eigenvalue weighted by molar-refractivity contribution is 6.00. The standard InChI is InChI=1S/C21H18O4/c1-13-17-7-2-3-8-19(17)25-20(13)21(23)24-12-18(22)16-10-9-14-5-4-6-15(14)11-16/h2-3,7-11H,4-6,12H2,1H3. The molecule has 1 heterocycles. The Balaban J connectivity index is 1.47. The maximum atomic E-state index is 12.3. The van der Waals surface area contributed by atoms with Crippen molar-refractivity contribution in [3.63, 3.8) is 0 Å². The lowest BCUT2D eigenvalue weighted by Gasteiger charge is -2.05. The predicted molar refractivity (Wildman–Crippen MR) is 94.0 cm³/mol. The fourth-order valence-electron chi connectivity index (χ4n) is 3.39. The molecule has 4 nitrogen and oxygen atoms in total. The molecule has 0 radical (unpaired) electrons. The molecule has 1 aromatic heterocycles. The monoisotopic (exact) mass is 334 g/mol. The van der Waals surface area contributed by atoms with E-state index in [1.165, 1.54) is 11.1 Å². The molecule has 25 heavy (non-hydrogen) atoms. The number of Topliss-reactive ketones (excluding diaryl/α,β-unsaturated/α-hetero) is 1. The van der Waals surface area contributed by atoms with E-state index in [0.29, 0.717) is 11.1 Å². The van der Waals surface area contributed by atoms with Gasteiger partial charge in [0.2, 0.25) is 5.76 Å². The maximum absolute atomic E-state index is 12.3. The quantitative estimate of drug-likeness (QED) is 0.528. The van der Waals surface area contributed by atoms with Crippen LogP contribution in [0.25, 0.3) is 11.0 Å². The van der Waals surface area contributed by atoms with Crippen molar-refractivity contribution in [2.24, 2.45) is 0 Å². The predicted octanol–water partition coefficient (Wildman–Crippen LogP) is 4.27. The number of ketones is 1. The third-order valence-electron chi connectivity index (χ3n) is 4.78. The number of para-hydroxylation sites is 1. The van der Waals surface area contributed by atoms with Crippen molar-refractivity contribution < 1.29 is 18.7 Å². The molecule has 0 saturated carbocycles. The number of hydrogen-bond acceptors (Lipinski definition) is 4. The smallest absolute Gasteiger partial charge is 0.375 e. The summed E-state index contributed by atoms with van der Waals surface area (Å²) in [5, 5.41) is 0.874. The van der Waals surface area contributed by atoms with Crippen molar-refractivity contribution in [2.75, 3.05) is 6.61 Å². The lowest BCUT2D eigenvalue weighted by molar-refractivity contribution is 0.0445. The Labute approximate surface area is 145 Å². The van der Waals surface area contributed by atoms with Gasteiger partial charge < -0.3 is 9.15 Å². The molecule has 0 aliphatic heterocycles. The van der Waals surface area contributed by atoms with E-state index < -0.39 is 5.97 Å². The first-order valence-corrected chi connectivity index (χ1v) is 8.44. The van der Waals surface area contributed by atoms with Crippen molar-refractivity contribution in [3.05, 3.63) is 70.5 Å². The second kappa shape index (κ2) is 6.20. The Hall–Kier alpha value is -2.88. The van der Waals surface area contributed by atoms with Gasteiger partial charge in [0.15, 0.2) is 12.4 Å². The first-order chi connectivity index (χ1) is 12.1. The summed E-state index contributed by atoms with van der Waals surface area (Å²) in [5.41, 5.74) is 4.49. The van der Waals surface area contributed by atoms with Gasteiger partial charge in [0.1, 0.15) is 5.58 Å². The van der Waals surface area contributed by atoms with E-state index in [-0.39, 0.29) is 18.2 Å². The number of carbonyl (C=O) groups is 2. The topological polar surface area (TPSA) is 56.5 Å². The highest BCUT2D eigenvalue weighted by Gasteiger charge is 2.20. The summed E-state index contributed by atoms with van der Waals surface area (Å²) in [6, 6.07) is 13.2. The Kier molecular flexibility index (Phi) is 3.88. The third-order valence-corrected chi connectivity index (χ3v) is 4.78. The molecule has 1 aliphatic rings. The number of benzene rings is 2. The summed E-state index contributed by atoms with van der Waals surface area (Å²) in [6.45, 7) is 1.53. The number of esters is 1. The van der Waals surface area contributed by atoms with Crippen LogP contribution >= 0.6 is 0 Å². The number of furan rings is 1. The fourth-order valence-corrected chi connectivity index (χ4v) is 3.39. The molecule has 1 aliphatic carbocycles. The molecule has 0 amide bonds. The average molecular weight is 334 g/mol. The normalized spacial score (nSPS) is 13.0. The van der Waals surface area contributed by atoms with Crippen LogP contribution in [-0.2, 0) is 17.6 Å². The van der Waals surface area contributed by atoms with Gasteiger partial charge in [-0.25, -0.2) is 4.79 Å². The summed E-state index contributed by atoms with van der Waals surface area (Å²) in [4.78, 5) is 24.6. The van der Waals surface area contributed by atoms with Crippen LogP contribution in [0.3, 0.4) is 0 Å². The van der Waals surface area contributed by atoms with Crippen molar-refractivity contribution in [2.45, 2.75) is 26.2 Å². The minimum atomic E-state index is -0.608. The zero-order valence-corrected chi connectivity index (χ0v) is 14.0. The van der Waals surface area contributed by atoms with Crippen LogP contribution in [0.4, 0.5) is 0 Å². The van der Waals surface area contributed by atoms with Crippen LogP contribution in [-0.4, -0.2) is 18.4 Å². The third kappa shape index (κ3) is 2.84. The molecule has 0 spiro atoms. The maximum Gasteiger partial charge on any atom is 0.375 e. The second-order valence-corrected chi connectivity index (χ2v) is 6.39. The number of ether oxygens (including phenoxy) is 1. The van der Waals surface area contributed by atoms with E-state index in [1.807, 2.05) is 43.3 Å². The molecule has 126 valence electrons. The van der Waals surface area contributed by atoms with Gasteiger partial charge in [-0.05, 0) is 49.4 Å². The van der Waals surface area contributed by atoms with Crippen LogP contribution in [0.5, 0.6) is 0 Å². The molecular weight excluding hydrogens is 316 g/mol. The molecule has 4 heteroatoms. The van der Waals surface area contributed by atoms with E-state index in [0.717, 1.165) is 30.2 Å². The van der Waals surface area contributed by atoms with E-state index in [2.05, 4.69) is 0 Å². The molecular formula is C21H18O4. The van der Waals surface area contributed by atoms with Gasteiger partial charge in [0.05, 0.1) is 0 Å². The van der Waals surface area contributed by atoms with Crippen LogP contribution in [0.1, 0.15) is 44.0 Å². The summed E-state index contributed by atoms with van der Waals surface area (Å²) >= 11 is 0. The zero-order valence-electron chi connectivity index (χ0n) is 14.0. The van der Waals surface area contributed by atoms with Gasteiger partial charge >= 0.3 is 5.97 Å². The molecule has 0 N–H and O–H groups in total. The highest BCUT2D eigenvalue weighted by Crippen LogP contribution is 2.26. The van der Waals surface area contributed by atoms with E-state index >= 15 is 0 Å². The highest BCUT2D eigenvalue weighted by atomic mass is 16.5. The fraction of sp³-hybridized carbons (Fsp3) is 0.238. The summed E-state index contributed by atoms with van der Waals surface area (Å²) < 4.78 is 10.8. The van der Waals surface area contributed by atoms with Gasteiger partial charge in [-0.2, -0.15) is 0 Å². The zero-order chi connectivity index (χ0) is 17.4. The van der Waals surface area contributed by atoms with Crippen molar-refractivity contribution in [1.29, 1.82) is 0 Å². The van der Waals surface area contributed by atoms with Crippen LogP contribution in [0, 0.1) is 6.92 Å². The molecule has 0 saturated heterocycles. The van der Waals surface area contributed by atoms with Gasteiger partial charge in [-0.3, -0.25) is 4.79 Å². The molecule has 0 fully saturated rings. The van der Waals surface area contributed by atoms with E-state index in [9.17, 15) is 9.59 Å². The van der Waals surface area contributed by atoms with Crippen molar-refractivity contribution in [3.8, 4) is 0 Å². The first-order valence-electron chi connectivity index (χ1n) is 8.44. The Morgan fingerprint density at radius 3 is 2.72 bits per heavy atom. The van der Waals surface area contributed by atoms with Gasteiger partial charge in [0.25, 0.3) is 0 Å². The largest absolute Gasteiger partial charge is 0.451 e. The average Bonchev–Trinajstić information content (AvgIpc) is 3.23. The first kappa shape index (κ1) is 15.6.